The Balaban J connectivity index is 1.44. The molecule has 1 aromatic heterocycles. The summed E-state index contributed by atoms with van der Waals surface area (Å²) >= 11 is 0. The zero-order valence-electron chi connectivity index (χ0n) is 15.4. The van der Waals surface area contributed by atoms with Crippen molar-refractivity contribution >= 4 is 11.8 Å². The van der Waals surface area contributed by atoms with Gasteiger partial charge in [0.2, 0.25) is 17.7 Å². The topological polar surface area (TPSA) is 78.7 Å². The molecule has 0 spiro atoms. The number of hydrogen-bond acceptors (Lipinski definition) is 5. The maximum absolute atomic E-state index is 12.5. The smallest absolute Gasteiger partial charge is 0.244 e. The molecule has 1 aromatic rings. The molecule has 1 N–H and O–H groups in total. The van der Waals surface area contributed by atoms with Gasteiger partial charge in [0.15, 0.2) is 0 Å². The van der Waals surface area contributed by atoms with E-state index in [0.717, 1.165) is 49.7 Å². The predicted octanol–water partition coefficient (Wildman–Crippen LogP) is 1.24. The molecule has 25 heavy (non-hydrogen) atoms. The Hall–Kier alpha value is -1.89. The number of oxazole rings is 1. The van der Waals surface area contributed by atoms with Gasteiger partial charge in [-0.1, -0.05) is 6.42 Å². The van der Waals surface area contributed by atoms with Crippen LogP contribution in [0, 0.1) is 19.8 Å². The first-order valence-corrected chi connectivity index (χ1v) is 9.18. The minimum atomic E-state index is -0.448. The van der Waals surface area contributed by atoms with Crippen LogP contribution in [0.5, 0.6) is 0 Å². The van der Waals surface area contributed by atoms with Gasteiger partial charge in [0.1, 0.15) is 11.8 Å². The van der Waals surface area contributed by atoms with Gasteiger partial charge in [-0.3, -0.25) is 14.5 Å². The number of nitrogens with one attached hydrogen (secondary N) is 1. The van der Waals surface area contributed by atoms with Crippen LogP contribution in [-0.4, -0.2) is 58.8 Å². The normalized spacial score (nSPS) is 20.2. The molecular weight excluding hydrogens is 320 g/mol. The maximum atomic E-state index is 12.5. The zero-order valence-corrected chi connectivity index (χ0v) is 15.4. The number of amides is 2. The van der Waals surface area contributed by atoms with E-state index in [0.29, 0.717) is 19.6 Å². The number of hydrogen-bond donors (Lipinski definition) is 1. The lowest BCUT2D eigenvalue weighted by Crippen LogP contribution is -2.54. The fourth-order valence-electron chi connectivity index (χ4n) is 3.26. The van der Waals surface area contributed by atoms with Gasteiger partial charge in [0, 0.05) is 32.1 Å². The molecule has 1 aliphatic heterocycles. The van der Waals surface area contributed by atoms with Crippen LogP contribution in [0.4, 0.5) is 0 Å². The summed E-state index contributed by atoms with van der Waals surface area (Å²) in [6, 6.07) is -0.448. The van der Waals surface area contributed by atoms with Gasteiger partial charge in [-0.15, -0.1) is 0 Å². The molecule has 2 aliphatic rings. The minimum Gasteiger partial charge on any atom is -0.444 e. The van der Waals surface area contributed by atoms with E-state index in [4.69, 9.17) is 4.42 Å². The first-order chi connectivity index (χ1) is 11.9. The molecule has 7 nitrogen and oxygen atoms in total. The highest BCUT2D eigenvalue weighted by Crippen LogP contribution is 2.26. The van der Waals surface area contributed by atoms with Crippen molar-refractivity contribution in [1.82, 2.24) is 20.1 Å². The summed E-state index contributed by atoms with van der Waals surface area (Å²) in [6.45, 7) is 9.22. The number of rotatable bonds is 5. The van der Waals surface area contributed by atoms with Gasteiger partial charge < -0.3 is 14.6 Å². The maximum Gasteiger partial charge on any atom is 0.244 e. The molecule has 1 saturated carbocycles. The number of aromatic nitrogens is 1. The van der Waals surface area contributed by atoms with Gasteiger partial charge >= 0.3 is 0 Å². The second kappa shape index (κ2) is 7.56. The van der Waals surface area contributed by atoms with Crippen LogP contribution in [0.3, 0.4) is 0 Å². The van der Waals surface area contributed by atoms with Crippen LogP contribution in [0.25, 0.3) is 0 Å². The lowest BCUT2D eigenvalue weighted by Gasteiger charge is -2.35. The van der Waals surface area contributed by atoms with E-state index in [9.17, 15) is 9.59 Å². The summed E-state index contributed by atoms with van der Waals surface area (Å²) < 4.78 is 5.63. The summed E-state index contributed by atoms with van der Waals surface area (Å²) in [5.41, 5.74) is 0.930. The summed E-state index contributed by atoms with van der Waals surface area (Å²) in [6.07, 6.45) is 3.02. The fourth-order valence-corrected chi connectivity index (χ4v) is 3.26. The van der Waals surface area contributed by atoms with Crippen LogP contribution in [-0.2, 0) is 16.1 Å². The van der Waals surface area contributed by atoms with E-state index in [-0.39, 0.29) is 17.7 Å². The minimum absolute atomic E-state index is 0.00939. The SMILES string of the molecule is Cc1nc(CN2CCN(C(=O)C(C)NC(=O)C3CCC3)CC2)oc1C. The summed E-state index contributed by atoms with van der Waals surface area (Å²) in [5.74, 6) is 1.74. The number of carbonyl (C=O) groups is 2. The molecule has 0 aromatic carbocycles. The van der Waals surface area contributed by atoms with E-state index in [2.05, 4.69) is 15.2 Å². The molecule has 2 heterocycles. The molecule has 1 aliphatic carbocycles. The second-order valence-corrected chi connectivity index (χ2v) is 7.21. The van der Waals surface area contributed by atoms with Crippen molar-refractivity contribution in [3.05, 3.63) is 17.3 Å². The summed E-state index contributed by atoms with van der Waals surface area (Å²) in [4.78, 5) is 33.0. The Morgan fingerprint density at radius 1 is 1.24 bits per heavy atom. The average molecular weight is 348 g/mol. The largest absolute Gasteiger partial charge is 0.444 e. The van der Waals surface area contributed by atoms with Gasteiger partial charge in [-0.2, -0.15) is 0 Å². The molecule has 3 rings (SSSR count). The van der Waals surface area contributed by atoms with E-state index >= 15 is 0 Å². The highest BCUT2D eigenvalue weighted by Gasteiger charge is 2.30. The Bertz CT molecular complexity index is 611. The lowest BCUT2D eigenvalue weighted by atomic mass is 9.84. The van der Waals surface area contributed by atoms with E-state index in [1.54, 1.807) is 6.92 Å². The fraction of sp³-hybridized carbons (Fsp3) is 0.722. The molecule has 1 atom stereocenters. The van der Waals surface area contributed by atoms with E-state index in [1.807, 2.05) is 18.7 Å². The molecular formula is C18H28N4O3. The van der Waals surface area contributed by atoms with Crippen molar-refractivity contribution in [2.75, 3.05) is 26.2 Å². The second-order valence-electron chi connectivity index (χ2n) is 7.21. The van der Waals surface area contributed by atoms with Gasteiger partial charge in [0.05, 0.1) is 12.2 Å². The number of carbonyl (C=O) groups excluding carboxylic acids is 2. The Morgan fingerprint density at radius 3 is 2.44 bits per heavy atom. The van der Waals surface area contributed by atoms with Crippen molar-refractivity contribution < 1.29 is 14.0 Å². The predicted molar refractivity (Wildman–Crippen MR) is 92.8 cm³/mol. The molecule has 2 fully saturated rings. The third-order valence-corrected chi connectivity index (χ3v) is 5.32. The van der Waals surface area contributed by atoms with Crippen LogP contribution in [0.2, 0.25) is 0 Å². The average Bonchev–Trinajstić information content (AvgIpc) is 2.83. The standard InChI is InChI=1S/C18H28N4O3/c1-12-14(3)25-16(19-12)11-21-7-9-22(10-8-21)18(24)13(2)20-17(23)15-5-4-6-15/h13,15H,4-11H2,1-3H3,(H,20,23). The monoisotopic (exact) mass is 348 g/mol. The van der Waals surface area contributed by atoms with Crippen molar-refractivity contribution in [3.63, 3.8) is 0 Å². The molecule has 138 valence electrons. The first kappa shape index (κ1) is 17.9. The van der Waals surface area contributed by atoms with E-state index in [1.165, 1.54) is 0 Å². The Labute approximate surface area is 148 Å². The number of nitrogens with zero attached hydrogens (tertiary/aromatic N) is 3. The lowest BCUT2D eigenvalue weighted by molar-refractivity contribution is -0.139. The van der Waals surface area contributed by atoms with Crippen LogP contribution in [0.15, 0.2) is 4.42 Å². The molecule has 1 saturated heterocycles. The van der Waals surface area contributed by atoms with Crippen molar-refractivity contribution in [1.29, 1.82) is 0 Å². The quantitative estimate of drug-likeness (QED) is 0.866. The Morgan fingerprint density at radius 2 is 1.92 bits per heavy atom. The van der Waals surface area contributed by atoms with Crippen molar-refractivity contribution in [2.45, 2.75) is 52.6 Å². The summed E-state index contributed by atoms with van der Waals surface area (Å²) in [7, 11) is 0. The highest BCUT2D eigenvalue weighted by molar-refractivity contribution is 5.88. The third kappa shape index (κ3) is 4.21. The number of piperazine rings is 1. The van der Waals surface area contributed by atoms with Gasteiger partial charge in [-0.25, -0.2) is 4.98 Å². The molecule has 0 bridgehead atoms. The van der Waals surface area contributed by atoms with Crippen LogP contribution < -0.4 is 5.32 Å². The third-order valence-electron chi connectivity index (χ3n) is 5.32. The molecule has 0 radical (unpaired) electrons. The molecule has 7 heteroatoms. The van der Waals surface area contributed by atoms with Crippen LogP contribution in [0.1, 0.15) is 43.5 Å². The molecule has 2 amide bonds. The molecule has 1 unspecified atom stereocenters. The van der Waals surface area contributed by atoms with Crippen LogP contribution >= 0.6 is 0 Å². The van der Waals surface area contributed by atoms with Crippen molar-refractivity contribution in [2.24, 2.45) is 5.92 Å². The van der Waals surface area contributed by atoms with Gasteiger partial charge in [0.25, 0.3) is 0 Å². The zero-order chi connectivity index (χ0) is 18.0. The highest BCUT2D eigenvalue weighted by atomic mass is 16.4. The van der Waals surface area contributed by atoms with Crippen molar-refractivity contribution in [3.8, 4) is 0 Å². The summed E-state index contributed by atoms with van der Waals surface area (Å²) in [5, 5.41) is 2.87. The number of aryl methyl sites for hydroxylation is 2. The van der Waals surface area contributed by atoms with E-state index < -0.39 is 6.04 Å². The van der Waals surface area contributed by atoms with Gasteiger partial charge in [-0.05, 0) is 33.6 Å². The Kier molecular flexibility index (Phi) is 5.42. The first-order valence-electron chi connectivity index (χ1n) is 9.18.